The fourth-order valence-electron chi connectivity index (χ4n) is 1.00. The first kappa shape index (κ1) is 9.51. The third-order valence-corrected chi connectivity index (χ3v) is 1.76. The van der Waals surface area contributed by atoms with E-state index in [2.05, 4.69) is 4.98 Å². The van der Waals surface area contributed by atoms with Crippen LogP contribution in [0.1, 0.15) is 17.3 Å². The number of carbonyl (C=O) groups is 1. The minimum absolute atomic E-state index is 0.0389. The lowest BCUT2D eigenvalue weighted by molar-refractivity contribution is 0.101. The second-order valence-electron chi connectivity index (χ2n) is 3.08. The van der Waals surface area contributed by atoms with Gasteiger partial charge in [0.05, 0.1) is 11.9 Å². The summed E-state index contributed by atoms with van der Waals surface area (Å²) < 4.78 is 0. The molecule has 0 aliphatic heterocycles. The van der Waals surface area contributed by atoms with Crippen molar-refractivity contribution in [2.24, 2.45) is 0 Å². The lowest BCUT2D eigenvalue weighted by Gasteiger charge is -2.12. The summed E-state index contributed by atoms with van der Waals surface area (Å²) in [5.74, 6) is 0.697. The van der Waals surface area contributed by atoms with Gasteiger partial charge in [-0.05, 0) is 13.0 Å². The first-order valence-electron chi connectivity index (χ1n) is 3.96. The van der Waals surface area contributed by atoms with Crippen LogP contribution in [-0.4, -0.2) is 24.9 Å². The third kappa shape index (κ3) is 1.96. The van der Waals surface area contributed by atoms with Crippen molar-refractivity contribution in [2.75, 3.05) is 24.7 Å². The number of nitrogens with two attached hydrogens (primary N) is 1. The lowest BCUT2D eigenvalue weighted by Crippen LogP contribution is -2.12. The summed E-state index contributed by atoms with van der Waals surface area (Å²) in [5.41, 5.74) is 6.54. The molecular formula is C9H13N3O. The normalized spacial score (nSPS) is 9.77. The number of ketones is 1. The van der Waals surface area contributed by atoms with Crippen LogP contribution in [0.2, 0.25) is 0 Å². The van der Waals surface area contributed by atoms with E-state index in [0.717, 1.165) is 5.82 Å². The highest BCUT2D eigenvalue weighted by atomic mass is 16.1. The van der Waals surface area contributed by atoms with Crippen molar-refractivity contribution in [1.29, 1.82) is 0 Å². The molecule has 0 unspecified atom stereocenters. The molecule has 0 fully saturated rings. The van der Waals surface area contributed by atoms with Gasteiger partial charge in [-0.3, -0.25) is 4.79 Å². The molecule has 70 valence electrons. The van der Waals surface area contributed by atoms with Gasteiger partial charge in [0.15, 0.2) is 5.78 Å². The van der Waals surface area contributed by atoms with Crippen molar-refractivity contribution in [2.45, 2.75) is 6.92 Å². The zero-order valence-electron chi connectivity index (χ0n) is 8.03. The molecule has 2 N–H and O–H groups in total. The van der Waals surface area contributed by atoms with E-state index < -0.39 is 0 Å². The van der Waals surface area contributed by atoms with Crippen molar-refractivity contribution >= 4 is 17.3 Å². The molecule has 0 amide bonds. The summed E-state index contributed by atoms with van der Waals surface area (Å²) in [4.78, 5) is 17.0. The second kappa shape index (κ2) is 3.43. The Kier molecular flexibility index (Phi) is 2.51. The van der Waals surface area contributed by atoms with Gasteiger partial charge in [0.2, 0.25) is 0 Å². The minimum atomic E-state index is -0.0389. The van der Waals surface area contributed by atoms with Crippen LogP contribution in [0.3, 0.4) is 0 Å². The third-order valence-electron chi connectivity index (χ3n) is 1.76. The van der Waals surface area contributed by atoms with Crippen molar-refractivity contribution in [3.05, 3.63) is 17.8 Å². The van der Waals surface area contributed by atoms with E-state index in [4.69, 9.17) is 5.73 Å². The maximum Gasteiger partial charge on any atom is 0.162 e. The molecule has 1 aromatic heterocycles. The zero-order valence-corrected chi connectivity index (χ0v) is 8.03. The maximum atomic E-state index is 11.1. The smallest absolute Gasteiger partial charge is 0.162 e. The SMILES string of the molecule is CC(=O)c1cc(N(C)C)ncc1N. The molecule has 0 aliphatic rings. The highest BCUT2D eigenvalue weighted by Crippen LogP contribution is 2.16. The zero-order chi connectivity index (χ0) is 10.0. The van der Waals surface area contributed by atoms with Crippen molar-refractivity contribution in [1.82, 2.24) is 4.98 Å². The number of hydrogen-bond donors (Lipinski definition) is 1. The second-order valence-corrected chi connectivity index (χ2v) is 3.08. The number of Topliss-reactive ketones (excluding diaryl/α,β-unsaturated/α-hetero) is 1. The fourth-order valence-corrected chi connectivity index (χ4v) is 1.00. The molecule has 4 heteroatoms. The molecule has 0 bridgehead atoms. The summed E-state index contributed by atoms with van der Waals surface area (Å²) >= 11 is 0. The Morgan fingerprint density at radius 2 is 2.15 bits per heavy atom. The average molecular weight is 179 g/mol. The molecule has 4 nitrogen and oxygen atoms in total. The standard InChI is InChI=1S/C9H13N3O/c1-6(13)7-4-9(12(2)3)11-5-8(7)10/h4-5H,10H2,1-3H3. The molecule has 0 atom stereocenters. The van der Waals surface area contributed by atoms with Gasteiger partial charge in [0.25, 0.3) is 0 Å². The number of aromatic nitrogens is 1. The number of anilines is 2. The molecule has 1 heterocycles. The number of carbonyl (C=O) groups excluding carboxylic acids is 1. The quantitative estimate of drug-likeness (QED) is 0.686. The van der Waals surface area contributed by atoms with Gasteiger partial charge in [0.1, 0.15) is 5.82 Å². The predicted molar refractivity (Wildman–Crippen MR) is 53.0 cm³/mol. The molecule has 13 heavy (non-hydrogen) atoms. The molecule has 1 rings (SSSR count). The summed E-state index contributed by atoms with van der Waals surface area (Å²) in [6, 6.07) is 1.69. The van der Waals surface area contributed by atoms with E-state index in [1.54, 1.807) is 6.07 Å². The predicted octanol–water partition coefficient (Wildman–Crippen LogP) is 0.932. The Hall–Kier alpha value is -1.58. The van der Waals surface area contributed by atoms with E-state index in [1.165, 1.54) is 13.1 Å². The Morgan fingerprint density at radius 3 is 2.62 bits per heavy atom. The molecule has 0 aliphatic carbocycles. The van der Waals surface area contributed by atoms with E-state index in [0.29, 0.717) is 11.3 Å². The average Bonchev–Trinajstić information content (AvgIpc) is 2.04. The summed E-state index contributed by atoms with van der Waals surface area (Å²) in [5, 5.41) is 0. The van der Waals surface area contributed by atoms with Crippen molar-refractivity contribution in [3.63, 3.8) is 0 Å². The van der Waals surface area contributed by atoms with Crippen LogP contribution in [-0.2, 0) is 0 Å². The van der Waals surface area contributed by atoms with Gasteiger partial charge in [-0.25, -0.2) is 4.98 Å². The van der Waals surface area contributed by atoms with E-state index in [-0.39, 0.29) is 5.78 Å². The minimum Gasteiger partial charge on any atom is -0.397 e. The molecule has 0 saturated heterocycles. The van der Waals surface area contributed by atoms with Crippen LogP contribution in [0.4, 0.5) is 11.5 Å². The van der Waals surface area contributed by atoms with Crippen molar-refractivity contribution in [3.8, 4) is 0 Å². The number of nitrogens with zero attached hydrogens (tertiary/aromatic N) is 2. The van der Waals surface area contributed by atoms with Crippen LogP contribution in [0.15, 0.2) is 12.3 Å². The Morgan fingerprint density at radius 1 is 1.54 bits per heavy atom. The van der Waals surface area contributed by atoms with Gasteiger partial charge in [-0.1, -0.05) is 0 Å². The fraction of sp³-hybridized carbons (Fsp3) is 0.333. The highest BCUT2D eigenvalue weighted by molar-refractivity contribution is 5.99. The van der Waals surface area contributed by atoms with E-state index in [1.807, 2.05) is 19.0 Å². The summed E-state index contributed by atoms with van der Waals surface area (Å²) in [6.07, 6.45) is 1.51. The van der Waals surface area contributed by atoms with Gasteiger partial charge in [-0.15, -0.1) is 0 Å². The monoisotopic (exact) mass is 179 g/mol. The van der Waals surface area contributed by atoms with Gasteiger partial charge in [0, 0.05) is 19.7 Å². The van der Waals surface area contributed by atoms with Crippen LogP contribution in [0.25, 0.3) is 0 Å². The molecule has 0 radical (unpaired) electrons. The molecule has 0 aromatic carbocycles. The van der Waals surface area contributed by atoms with Crippen molar-refractivity contribution < 1.29 is 4.79 Å². The number of pyridine rings is 1. The Balaban J connectivity index is 3.19. The van der Waals surface area contributed by atoms with Crippen LogP contribution < -0.4 is 10.6 Å². The van der Waals surface area contributed by atoms with Gasteiger partial charge >= 0.3 is 0 Å². The van der Waals surface area contributed by atoms with E-state index >= 15 is 0 Å². The largest absolute Gasteiger partial charge is 0.397 e. The lowest BCUT2D eigenvalue weighted by atomic mass is 10.1. The van der Waals surface area contributed by atoms with Crippen LogP contribution >= 0.6 is 0 Å². The topological polar surface area (TPSA) is 59.2 Å². The van der Waals surface area contributed by atoms with Crippen LogP contribution in [0, 0.1) is 0 Å². The number of hydrogen-bond acceptors (Lipinski definition) is 4. The number of nitrogen functional groups attached to an aromatic ring is 1. The Labute approximate surface area is 77.4 Å². The summed E-state index contributed by atoms with van der Waals surface area (Å²) in [7, 11) is 3.73. The maximum absolute atomic E-state index is 11.1. The Bertz CT molecular complexity index is 334. The molecular weight excluding hydrogens is 166 g/mol. The molecule has 0 spiro atoms. The summed E-state index contributed by atoms with van der Waals surface area (Å²) in [6.45, 7) is 1.49. The van der Waals surface area contributed by atoms with Crippen LogP contribution in [0.5, 0.6) is 0 Å². The molecule has 1 aromatic rings. The van der Waals surface area contributed by atoms with Gasteiger partial charge in [-0.2, -0.15) is 0 Å². The molecule has 0 saturated carbocycles. The first-order valence-corrected chi connectivity index (χ1v) is 3.96. The highest BCUT2D eigenvalue weighted by Gasteiger charge is 2.07. The van der Waals surface area contributed by atoms with E-state index in [9.17, 15) is 4.79 Å². The first-order chi connectivity index (χ1) is 6.02. The van der Waals surface area contributed by atoms with Gasteiger partial charge < -0.3 is 10.6 Å². The number of rotatable bonds is 2.